The highest BCUT2D eigenvalue weighted by Gasteiger charge is 2.27. The average Bonchev–Trinajstić information content (AvgIpc) is 2.84. The smallest absolute Gasteiger partial charge is 0.303 e. The highest BCUT2D eigenvalue weighted by Crippen LogP contribution is 2.21. The van der Waals surface area contributed by atoms with Crippen LogP contribution in [0, 0.1) is 11.8 Å². The molecule has 2 atom stereocenters. The van der Waals surface area contributed by atoms with Crippen LogP contribution in [-0.2, 0) is 9.59 Å². The van der Waals surface area contributed by atoms with E-state index in [0.717, 1.165) is 45.4 Å². The summed E-state index contributed by atoms with van der Waals surface area (Å²) in [4.78, 5) is 27.0. The molecular formula is C15H26N2O3. The van der Waals surface area contributed by atoms with Gasteiger partial charge in [0.1, 0.15) is 0 Å². The van der Waals surface area contributed by atoms with E-state index in [-0.39, 0.29) is 12.3 Å². The van der Waals surface area contributed by atoms with E-state index in [4.69, 9.17) is 5.11 Å². The Bertz CT molecular complexity index is 359. The monoisotopic (exact) mass is 282 g/mol. The van der Waals surface area contributed by atoms with Gasteiger partial charge in [0.15, 0.2) is 0 Å². The largest absolute Gasteiger partial charge is 0.481 e. The number of piperidine rings is 1. The topological polar surface area (TPSA) is 60.9 Å². The van der Waals surface area contributed by atoms with Crippen molar-refractivity contribution < 1.29 is 14.7 Å². The molecule has 2 fully saturated rings. The van der Waals surface area contributed by atoms with Gasteiger partial charge >= 0.3 is 5.97 Å². The highest BCUT2D eigenvalue weighted by molar-refractivity contribution is 5.78. The molecule has 2 rings (SSSR count). The van der Waals surface area contributed by atoms with Gasteiger partial charge in [-0.25, -0.2) is 0 Å². The SMILES string of the molecule is CC1CCCN(C(=O)CN2CCC(CCC(=O)O)C2)C1. The second kappa shape index (κ2) is 7.07. The maximum atomic E-state index is 12.3. The molecule has 0 aromatic heterocycles. The lowest BCUT2D eigenvalue weighted by Crippen LogP contribution is -2.44. The molecule has 5 heteroatoms. The first-order chi connectivity index (χ1) is 9.54. The molecule has 0 bridgehead atoms. The summed E-state index contributed by atoms with van der Waals surface area (Å²) >= 11 is 0. The minimum absolute atomic E-state index is 0.246. The van der Waals surface area contributed by atoms with Crippen molar-refractivity contribution >= 4 is 11.9 Å². The summed E-state index contributed by atoms with van der Waals surface area (Å²) < 4.78 is 0. The maximum Gasteiger partial charge on any atom is 0.303 e. The lowest BCUT2D eigenvalue weighted by Gasteiger charge is -2.32. The molecule has 1 N–H and O–H groups in total. The summed E-state index contributed by atoms with van der Waals surface area (Å²) in [5.74, 6) is 0.589. The molecule has 2 aliphatic rings. The molecule has 0 aliphatic carbocycles. The predicted molar refractivity (Wildman–Crippen MR) is 76.4 cm³/mol. The van der Waals surface area contributed by atoms with Crippen LogP contribution in [0.3, 0.4) is 0 Å². The summed E-state index contributed by atoms with van der Waals surface area (Å²) in [5.41, 5.74) is 0. The van der Waals surface area contributed by atoms with Crippen molar-refractivity contribution in [1.29, 1.82) is 0 Å². The van der Waals surface area contributed by atoms with E-state index >= 15 is 0 Å². The molecule has 2 aliphatic heterocycles. The molecule has 1 amide bonds. The summed E-state index contributed by atoms with van der Waals surface area (Å²) in [6, 6.07) is 0. The Kier molecular flexibility index (Phi) is 5.40. The molecule has 114 valence electrons. The fourth-order valence-corrected chi connectivity index (χ4v) is 3.33. The summed E-state index contributed by atoms with van der Waals surface area (Å²) in [6.07, 6.45) is 4.35. The van der Waals surface area contributed by atoms with Crippen LogP contribution in [0.5, 0.6) is 0 Å². The van der Waals surface area contributed by atoms with Crippen LogP contribution >= 0.6 is 0 Å². The first kappa shape index (κ1) is 15.3. The van der Waals surface area contributed by atoms with Gasteiger partial charge in [0.05, 0.1) is 6.54 Å². The number of hydrogen-bond donors (Lipinski definition) is 1. The number of amides is 1. The number of carboxylic acid groups (broad SMARTS) is 1. The second-order valence-corrected chi connectivity index (χ2v) is 6.41. The zero-order chi connectivity index (χ0) is 14.5. The molecule has 5 nitrogen and oxygen atoms in total. The van der Waals surface area contributed by atoms with Crippen LogP contribution in [0.1, 0.15) is 39.0 Å². The van der Waals surface area contributed by atoms with E-state index in [1.54, 1.807) is 0 Å². The third-order valence-electron chi connectivity index (χ3n) is 4.51. The standard InChI is InChI=1S/C15H26N2O3/c1-12-3-2-7-17(9-12)14(18)11-16-8-6-13(10-16)4-5-15(19)20/h12-13H,2-11H2,1H3,(H,19,20). The number of carbonyl (C=O) groups is 2. The molecular weight excluding hydrogens is 256 g/mol. The Labute approximate surface area is 120 Å². The van der Waals surface area contributed by atoms with Crippen LogP contribution in [0.25, 0.3) is 0 Å². The number of carbonyl (C=O) groups excluding carboxylic acids is 1. The molecule has 20 heavy (non-hydrogen) atoms. The summed E-state index contributed by atoms with van der Waals surface area (Å²) in [5, 5.41) is 8.71. The fraction of sp³-hybridized carbons (Fsp3) is 0.867. The van der Waals surface area contributed by atoms with Crippen LogP contribution in [0.2, 0.25) is 0 Å². The van der Waals surface area contributed by atoms with E-state index in [1.165, 1.54) is 6.42 Å². The quantitative estimate of drug-likeness (QED) is 0.828. The van der Waals surface area contributed by atoms with Crippen molar-refractivity contribution in [2.75, 3.05) is 32.7 Å². The number of rotatable bonds is 5. The predicted octanol–water partition coefficient (Wildman–Crippen LogP) is 1.43. The molecule has 0 radical (unpaired) electrons. The van der Waals surface area contributed by atoms with E-state index in [1.807, 2.05) is 4.90 Å². The summed E-state index contributed by atoms with van der Waals surface area (Å²) in [7, 11) is 0. The van der Waals surface area contributed by atoms with Gasteiger partial charge < -0.3 is 10.0 Å². The Morgan fingerprint density at radius 1 is 1.20 bits per heavy atom. The molecule has 2 heterocycles. The van der Waals surface area contributed by atoms with Crippen LogP contribution in [0.15, 0.2) is 0 Å². The van der Waals surface area contributed by atoms with E-state index < -0.39 is 5.97 Å². The van der Waals surface area contributed by atoms with Crippen LogP contribution in [0.4, 0.5) is 0 Å². The number of aliphatic carboxylic acids is 1. The zero-order valence-electron chi connectivity index (χ0n) is 12.4. The van der Waals surface area contributed by atoms with Crippen molar-refractivity contribution in [2.24, 2.45) is 11.8 Å². The number of likely N-dealkylation sites (tertiary alicyclic amines) is 2. The Balaban J connectivity index is 1.71. The van der Waals surface area contributed by atoms with Gasteiger partial charge in [-0.1, -0.05) is 6.92 Å². The van der Waals surface area contributed by atoms with Gasteiger partial charge in [-0.15, -0.1) is 0 Å². The molecule has 2 saturated heterocycles. The van der Waals surface area contributed by atoms with Crippen molar-refractivity contribution in [1.82, 2.24) is 9.80 Å². The first-order valence-corrected chi connectivity index (χ1v) is 7.76. The van der Waals surface area contributed by atoms with Gasteiger partial charge in [0, 0.05) is 26.1 Å². The van der Waals surface area contributed by atoms with Crippen molar-refractivity contribution in [3.8, 4) is 0 Å². The minimum atomic E-state index is -0.721. The van der Waals surface area contributed by atoms with Crippen molar-refractivity contribution in [2.45, 2.75) is 39.0 Å². The van der Waals surface area contributed by atoms with Gasteiger partial charge in [-0.3, -0.25) is 14.5 Å². The molecule has 0 spiro atoms. The third-order valence-corrected chi connectivity index (χ3v) is 4.51. The van der Waals surface area contributed by atoms with Gasteiger partial charge in [0.2, 0.25) is 5.91 Å². The lowest BCUT2D eigenvalue weighted by molar-refractivity contribution is -0.137. The van der Waals surface area contributed by atoms with Gasteiger partial charge in [-0.2, -0.15) is 0 Å². The van der Waals surface area contributed by atoms with E-state index in [0.29, 0.717) is 18.4 Å². The number of nitrogens with zero attached hydrogens (tertiary/aromatic N) is 2. The van der Waals surface area contributed by atoms with Gasteiger partial charge in [-0.05, 0) is 44.1 Å². The van der Waals surface area contributed by atoms with Crippen molar-refractivity contribution in [3.63, 3.8) is 0 Å². The molecule has 0 aromatic carbocycles. The fourth-order valence-electron chi connectivity index (χ4n) is 3.33. The summed E-state index contributed by atoms with van der Waals surface area (Å²) in [6.45, 7) is 6.32. The first-order valence-electron chi connectivity index (χ1n) is 7.76. The molecule has 0 aromatic rings. The van der Waals surface area contributed by atoms with Crippen LogP contribution < -0.4 is 0 Å². The average molecular weight is 282 g/mol. The maximum absolute atomic E-state index is 12.3. The normalized spacial score (nSPS) is 27.8. The molecule has 2 unspecified atom stereocenters. The zero-order valence-corrected chi connectivity index (χ0v) is 12.4. The van der Waals surface area contributed by atoms with Crippen LogP contribution in [-0.4, -0.2) is 59.5 Å². The lowest BCUT2D eigenvalue weighted by atomic mass is 10.0. The van der Waals surface area contributed by atoms with Gasteiger partial charge in [0.25, 0.3) is 0 Å². The Morgan fingerprint density at radius 2 is 2.00 bits per heavy atom. The second-order valence-electron chi connectivity index (χ2n) is 6.41. The van der Waals surface area contributed by atoms with E-state index in [2.05, 4.69) is 11.8 Å². The highest BCUT2D eigenvalue weighted by atomic mass is 16.4. The van der Waals surface area contributed by atoms with Crippen molar-refractivity contribution in [3.05, 3.63) is 0 Å². The third kappa shape index (κ3) is 4.47. The van der Waals surface area contributed by atoms with E-state index in [9.17, 15) is 9.59 Å². The molecule has 0 saturated carbocycles. The number of hydrogen-bond acceptors (Lipinski definition) is 3. The Hall–Kier alpha value is -1.10. The Morgan fingerprint density at radius 3 is 2.70 bits per heavy atom. The number of carboxylic acids is 1. The minimum Gasteiger partial charge on any atom is -0.481 e.